The molecule has 1 heterocycles. The Morgan fingerprint density at radius 3 is 2.47 bits per heavy atom. The molecule has 0 saturated heterocycles. The van der Waals surface area contributed by atoms with Crippen molar-refractivity contribution < 1.29 is 4.79 Å². The summed E-state index contributed by atoms with van der Waals surface area (Å²) in [4.78, 5) is 22.9. The third-order valence-corrected chi connectivity index (χ3v) is 3.11. The maximum Gasteiger partial charge on any atom is 0.270 e. The Kier molecular flexibility index (Phi) is 5.73. The number of anilines is 1. The fourth-order valence-electron chi connectivity index (χ4n) is 1.72. The van der Waals surface area contributed by atoms with E-state index in [1.165, 1.54) is 0 Å². The second-order valence-corrected chi connectivity index (χ2v) is 4.65. The second kappa shape index (κ2) is 7.07. The van der Waals surface area contributed by atoms with E-state index in [4.69, 9.17) is 0 Å². The number of aryl methyl sites for hydroxylation is 1. The van der Waals surface area contributed by atoms with Crippen LogP contribution in [0.25, 0.3) is 0 Å². The van der Waals surface area contributed by atoms with Gasteiger partial charge in [0, 0.05) is 24.8 Å². The summed E-state index contributed by atoms with van der Waals surface area (Å²) >= 11 is 0. The maximum atomic E-state index is 12.1. The fraction of sp³-hybridized carbons (Fsp3) is 0.643. The Bertz CT molecular complexity index is 429. The Balaban J connectivity index is 2.99. The molecular formula is C14H24N4O. The first-order chi connectivity index (χ1) is 9.01. The van der Waals surface area contributed by atoms with Crippen LogP contribution >= 0.6 is 0 Å². The molecule has 0 aliphatic carbocycles. The van der Waals surface area contributed by atoms with Crippen molar-refractivity contribution in [3.05, 3.63) is 17.5 Å². The van der Waals surface area contributed by atoms with Crippen LogP contribution in [0, 0.1) is 6.92 Å². The van der Waals surface area contributed by atoms with E-state index in [9.17, 15) is 4.79 Å². The van der Waals surface area contributed by atoms with E-state index in [0.29, 0.717) is 11.6 Å². The van der Waals surface area contributed by atoms with Crippen molar-refractivity contribution in [3.63, 3.8) is 0 Å². The third-order valence-electron chi connectivity index (χ3n) is 3.11. The van der Waals surface area contributed by atoms with Gasteiger partial charge in [0.05, 0.1) is 0 Å². The molecule has 1 amide bonds. The van der Waals surface area contributed by atoms with E-state index in [1.54, 1.807) is 6.07 Å². The van der Waals surface area contributed by atoms with E-state index in [2.05, 4.69) is 15.3 Å². The molecule has 0 fully saturated rings. The first-order valence-electron chi connectivity index (χ1n) is 6.93. The Morgan fingerprint density at radius 1 is 1.32 bits per heavy atom. The second-order valence-electron chi connectivity index (χ2n) is 4.65. The zero-order chi connectivity index (χ0) is 14.4. The molecule has 106 valence electrons. The molecule has 0 aliphatic heterocycles. The van der Waals surface area contributed by atoms with Gasteiger partial charge in [-0.15, -0.1) is 0 Å². The number of hydrogen-bond acceptors (Lipinski definition) is 4. The van der Waals surface area contributed by atoms with Gasteiger partial charge >= 0.3 is 0 Å². The molecular weight excluding hydrogens is 240 g/mol. The minimum Gasteiger partial charge on any atom is -0.348 e. The monoisotopic (exact) mass is 264 g/mol. The van der Waals surface area contributed by atoms with Crippen molar-refractivity contribution in [3.8, 4) is 0 Å². The van der Waals surface area contributed by atoms with Crippen LogP contribution in [0.5, 0.6) is 0 Å². The molecule has 0 radical (unpaired) electrons. The molecule has 19 heavy (non-hydrogen) atoms. The summed E-state index contributed by atoms with van der Waals surface area (Å²) in [5.74, 6) is 0.493. The molecule has 0 aliphatic rings. The largest absolute Gasteiger partial charge is 0.348 e. The van der Waals surface area contributed by atoms with Crippen LogP contribution in [-0.4, -0.2) is 35.0 Å². The summed E-state index contributed by atoms with van der Waals surface area (Å²) in [5, 5.41) is 2.93. The highest BCUT2D eigenvalue weighted by Crippen LogP contribution is 2.10. The molecule has 0 bridgehead atoms. The number of nitrogens with zero attached hydrogens (tertiary/aromatic N) is 3. The molecule has 0 saturated carbocycles. The first kappa shape index (κ1) is 15.4. The molecule has 1 aromatic rings. The lowest BCUT2D eigenvalue weighted by atomic mass is 10.2. The highest BCUT2D eigenvalue weighted by Gasteiger charge is 2.14. The number of nitrogens with one attached hydrogen (secondary N) is 1. The number of aromatic nitrogens is 2. The van der Waals surface area contributed by atoms with Gasteiger partial charge in [-0.05, 0) is 40.2 Å². The van der Waals surface area contributed by atoms with E-state index in [1.807, 2.05) is 39.5 Å². The van der Waals surface area contributed by atoms with Gasteiger partial charge in [0.1, 0.15) is 5.69 Å². The molecule has 5 heteroatoms. The third kappa shape index (κ3) is 4.19. The van der Waals surface area contributed by atoms with E-state index in [0.717, 1.165) is 25.2 Å². The first-order valence-corrected chi connectivity index (χ1v) is 6.93. The lowest BCUT2D eigenvalue weighted by molar-refractivity contribution is 0.0934. The molecule has 0 aromatic carbocycles. The van der Waals surface area contributed by atoms with Gasteiger partial charge in [0.25, 0.3) is 5.91 Å². The summed E-state index contributed by atoms with van der Waals surface area (Å²) in [6, 6.07) is 1.88. The average Bonchev–Trinajstić information content (AvgIpc) is 2.39. The van der Waals surface area contributed by atoms with Crippen molar-refractivity contribution in [1.29, 1.82) is 0 Å². The molecule has 1 aromatic heterocycles. The van der Waals surface area contributed by atoms with E-state index in [-0.39, 0.29) is 11.9 Å². The lowest BCUT2D eigenvalue weighted by Crippen LogP contribution is -2.33. The quantitative estimate of drug-likeness (QED) is 0.855. The Morgan fingerprint density at radius 2 is 1.95 bits per heavy atom. The topological polar surface area (TPSA) is 58.1 Å². The van der Waals surface area contributed by atoms with Crippen LogP contribution in [0.4, 0.5) is 5.95 Å². The SMILES string of the molecule is CCC(C)NC(=O)c1cc(C)nc(N(CC)CC)n1. The van der Waals surface area contributed by atoms with Crippen LogP contribution in [0.2, 0.25) is 0 Å². The number of amides is 1. The summed E-state index contributed by atoms with van der Waals surface area (Å²) in [7, 11) is 0. The highest BCUT2D eigenvalue weighted by molar-refractivity contribution is 5.92. The van der Waals surface area contributed by atoms with Crippen LogP contribution in [0.3, 0.4) is 0 Å². The maximum absolute atomic E-state index is 12.1. The molecule has 1 atom stereocenters. The zero-order valence-electron chi connectivity index (χ0n) is 12.5. The molecule has 1 N–H and O–H groups in total. The van der Waals surface area contributed by atoms with Crippen LogP contribution < -0.4 is 10.2 Å². The van der Waals surface area contributed by atoms with E-state index < -0.39 is 0 Å². The number of hydrogen-bond donors (Lipinski definition) is 1. The predicted octanol–water partition coefficient (Wildman–Crippen LogP) is 2.16. The van der Waals surface area contributed by atoms with Gasteiger partial charge < -0.3 is 10.2 Å². The minimum atomic E-state index is -0.131. The van der Waals surface area contributed by atoms with Crippen molar-refractivity contribution in [2.24, 2.45) is 0 Å². The Labute approximate surface area is 115 Å². The predicted molar refractivity (Wildman–Crippen MR) is 77.5 cm³/mol. The molecule has 1 rings (SSSR count). The summed E-state index contributed by atoms with van der Waals surface area (Å²) in [5.41, 5.74) is 1.25. The van der Waals surface area contributed by atoms with Crippen molar-refractivity contribution >= 4 is 11.9 Å². The van der Waals surface area contributed by atoms with E-state index >= 15 is 0 Å². The molecule has 1 unspecified atom stereocenters. The summed E-state index contributed by atoms with van der Waals surface area (Å²) in [6.45, 7) is 11.7. The Hall–Kier alpha value is -1.65. The van der Waals surface area contributed by atoms with Gasteiger partial charge in [-0.2, -0.15) is 0 Å². The van der Waals surface area contributed by atoms with Crippen LogP contribution in [0.1, 0.15) is 50.3 Å². The molecule has 5 nitrogen and oxygen atoms in total. The number of rotatable bonds is 6. The lowest BCUT2D eigenvalue weighted by Gasteiger charge is -2.19. The summed E-state index contributed by atoms with van der Waals surface area (Å²) < 4.78 is 0. The standard InChI is InChI=1S/C14H24N4O/c1-6-10(4)15-13(19)12-9-11(5)16-14(17-12)18(7-2)8-3/h9-10H,6-8H2,1-5H3,(H,15,19). The minimum absolute atomic E-state index is 0.131. The van der Waals surface area contributed by atoms with Crippen molar-refractivity contribution in [1.82, 2.24) is 15.3 Å². The van der Waals surface area contributed by atoms with Gasteiger partial charge in [-0.25, -0.2) is 9.97 Å². The van der Waals surface area contributed by atoms with Crippen LogP contribution in [-0.2, 0) is 0 Å². The van der Waals surface area contributed by atoms with Crippen molar-refractivity contribution in [2.45, 2.75) is 47.1 Å². The van der Waals surface area contributed by atoms with Gasteiger partial charge in [0.2, 0.25) is 5.95 Å². The summed E-state index contributed by atoms with van der Waals surface area (Å²) in [6.07, 6.45) is 0.901. The number of carbonyl (C=O) groups excluding carboxylic acids is 1. The van der Waals surface area contributed by atoms with Gasteiger partial charge in [-0.1, -0.05) is 6.92 Å². The fourth-order valence-corrected chi connectivity index (χ4v) is 1.72. The van der Waals surface area contributed by atoms with Crippen molar-refractivity contribution in [2.75, 3.05) is 18.0 Å². The number of carbonyl (C=O) groups is 1. The van der Waals surface area contributed by atoms with Gasteiger partial charge in [0.15, 0.2) is 0 Å². The van der Waals surface area contributed by atoms with Gasteiger partial charge in [-0.3, -0.25) is 4.79 Å². The van der Waals surface area contributed by atoms with Crippen LogP contribution in [0.15, 0.2) is 6.07 Å². The normalized spacial score (nSPS) is 12.1. The highest BCUT2D eigenvalue weighted by atomic mass is 16.1. The zero-order valence-corrected chi connectivity index (χ0v) is 12.5. The average molecular weight is 264 g/mol. The smallest absolute Gasteiger partial charge is 0.270 e. The molecule has 0 spiro atoms.